The van der Waals surface area contributed by atoms with Crippen LogP contribution in [-0.2, 0) is 6.54 Å². The fraction of sp³-hybridized carbons (Fsp3) is 0.222. The molecule has 0 saturated heterocycles. The Bertz CT molecular complexity index is 514. The van der Waals surface area contributed by atoms with Gasteiger partial charge in [0, 0.05) is 0 Å². The summed E-state index contributed by atoms with van der Waals surface area (Å²) in [5.41, 5.74) is 9.53. The maximum Gasteiger partial charge on any atom is 0.260 e. The van der Waals surface area contributed by atoms with Gasteiger partial charge in [0.1, 0.15) is 5.75 Å². The summed E-state index contributed by atoms with van der Waals surface area (Å²) in [6.07, 6.45) is 0. The molecule has 1 aromatic carbocycles. The first kappa shape index (κ1) is 11.6. The zero-order valence-electron chi connectivity index (χ0n) is 9.09. The standard InChI is InChI=1S/C9H11BrN6O/c1-17-8-3-2-6(4-7(8)10)5-12-16-9(11)13-14-15-16/h2-4,12H,5H2,1H3,(H2,11,13,15). The number of hydrogen-bond acceptors (Lipinski definition) is 6. The van der Waals surface area contributed by atoms with E-state index in [4.69, 9.17) is 10.5 Å². The molecular weight excluding hydrogens is 288 g/mol. The van der Waals surface area contributed by atoms with Gasteiger partial charge in [0.15, 0.2) is 0 Å². The summed E-state index contributed by atoms with van der Waals surface area (Å²) in [4.78, 5) is 1.32. The van der Waals surface area contributed by atoms with Crippen LogP contribution in [0.15, 0.2) is 22.7 Å². The van der Waals surface area contributed by atoms with Crippen molar-refractivity contribution in [1.29, 1.82) is 0 Å². The van der Waals surface area contributed by atoms with Gasteiger partial charge in [0.25, 0.3) is 5.95 Å². The molecule has 0 atom stereocenters. The number of ether oxygens (including phenoxy) is 1. The molecule has 2 aromatic rings. The minimum Gasteiger partial charge on any atom is -0.496 e. The molecule has 0 bridgehead atoms. The van der Waals surface area contributed by atoms with Gasteiger partial charge in [-0.3, -0.25) is 0 Å². The molecule has 7 nitrogen and oxygen atoms in total. The van der Waals surface area contributed by atoms with E-state index >= 15 is 0 Å². The lowest BCUT2D eigenvalue weighted by Crippen LogP contribution is -2.18. The third-order valence-electron chi connectivity index (χ3n) is 2.14. The Labute approximate surface area is 106 Å². The summed E-state index contributed by atoms with van der Waals surface area (Å²) in [6, 6.07) is 5.77. The number of nitrogens with two attached hydrogens (primary N) is 1. The average molecular weight is 299 g/mol. The number of anilines is 1. The maximum absolute atomic E-state index is 5.52. The molecule has 2 rings (SSSR count). The Hall–Kier alpha value is -1.83. The number of nitrogens with zero attached hydrogens (tertiary/aromatic N) is 4. The largest absolute Gasteiger partial charge is 0.496 e. The topological polar surface area (TPSA) is 90.9 Å². The van der Waals surface area contributed by atoms with Crippen molar-refractivity contribution in [3.8, 4) is 5.75 Å². The molecule has 0 saturated carbocycles. The van der Waals surface area contributed by atoms with Gasteiger partial charge in [-0.05, 0) is 44.1 Å². The molecule has 1 aromatic heterocycles. The van der Waals surface area contributed by atoms with Crippen LogP contribution in [0.1, 0.15) is 5.56 Å². The number of nitrogens with one attached hydrogen (secondary N) is 1. The van der Waals surface area contributed by atoms with Gasteiger partial charge in [-0.2, -0.15) is 0 Å². The Balaban J connectivity index is 2.05. The molecule has 0 spiro atoms. The van der Waals surface area contributed by atoms with Gasteiger partial charge in [0.2, 0.25) is 0 Å². The first-order valence-corrected chi connectivity index (χ1v) is 5.60. The number of methoxy groups -OCH3 is 1. The van der Waals surface area contributed by atoms with Crippen molar-refractivity contribution < 1.29 is 4.74 Å². The number of hydrogen-bond donors (Lipinski definition) is 2. The number of tetrazole rings is 1. The molecule has 0 unspecified atom stereocenters. The van der Waals surface area contributed by atoms with Crippen molar-refractivity contribution in [1.82, 2.24) is 20.3 Å². The minimum absolute atomic E-state index is 0.220. The molecule has 0 aliphatic heterocycles. The van der Waals surface area contributed by atoms with Gasteiger partial charge >= 0.3 is 0 Å². The highest BCUT2D eigenvalue weighted by atomic mass is 79.9. The van der Waals surface area contributed by atoms with Crippen LogP contribution >= 0.6 is 15.9 Å². The maximum atomic E-state index is 5.52. The normalized spacial score (nSPS) is 10.2. The summed E-state index contributed by atoms with van der Waals surface area (Å²) in [5.74, 6) is 1.01. The monoisotopic (exact) mass is 298 g/mol. The Morgan fingerprint density at radius 3 is 2.94 bits per heavy atom. The second-order valence-corrected chi connectivity index (χ2v) is 4.11. The van der Waals surface area contributed by atoms with E-state index < -0.39 is 0 Å². The lowest BCUT2D eigenvalue weighted by atomic mass is 10.2. The Kier molecular flexibility index (Phi) is 3.43. The van der Waals surface area contributed by atoms with Crippen LogP contribution in [-0.4, -0.2) is 27.4 Å². The van der Waals surface area contributed by atoms with E-state index in [2.05, 4.69) is 36.9 Å². The van der Waals surface area contributed by atoms with Gasteiger partial charge in [-0.1, -0.05) is 11.2 Å². The predicted octanol–water partition coefficient (Wildman–Crippen LogP) is 0.770. The fourth-order valence-electron chi connectivity index (χ4n) is 1.29. The summed E-state index contributed by atoms with van der Waals surface area (Å²) in [6.45, 7) is 0.553. The van der Waals surface area contributed by atoms with Crippen molar-refractivity contribution in [3.63, 3.8) is 0 Å². The molecule has 0 radical (unpaired) electrons. The highest BCUT2D eigenvalue weighted by Crippen LogP contribution is 2.25. The smallest absolute Gasteiger partial charge is 0.260 e. The van der Waals surface area contributed by atoms with E-state index in [1.54, 1.807) is 7.11 Å². The summed E-state index contributed by atoms with van der Waals surface area (Å²) in [5, 5.41) is 10.7. The molecule has 0 amide bonds. The fourth-order valence-corrected chi connectivity index (χ4v) is 1.88. The highest BCUT2D eigenvalue weighted by Gasteiger charge is 2.03. The third-order valence-corrected chi connectivity index (χ3v) is 2.76. The number of nitrogen functional groups attached to an aromatic ring is 1. The summed E-state index contributed by atoms with van der Waals surface area (Å²) >= 11 is 3.42. The van der Waals surface area contributed by atoms with Gasteiger partial charge in [-0.25, -0.2) is 0 Å². The summed E-state index contributed by atoms with van der Waals surface area (Å²) < 4.78 is 6.04. The van der Waals surface area contributed by atoms with E-state index in [1.807, 2.05) is 18.2 Å². The zero-order chi connectivity index (χ0) is 12.3. The molecule has 0 aliphatic rings. The minimum atomic E-state index is 0.220. The number of benzene rings is 1. The molecule has 8 heteroatoms. The van der Waals surface area contributed by atoms with Crippen LogP contribution in [0.4, 0.5) is 5.95 Å². The average Bonchev–Trinajstić information content (AvgIpc) is 2.72. The van der Waals surface area contributed by atoms with Crippen molar-refractivity contribution in [3.05, 3.63) is 28.2 Å². The van der Waals surface area contributed by atoms with Gasteiger partial charge < -0.3 is 15.9 Å². The first-order valence-electron chi connectivity index (χ1n) is 4.81. The van der Waals surface area contributed by atoms with Crippen molar-refractivity contribution >= 4 is 21.9 Å². The van der Waals surface area contributed by atoms with E-state index in [-0.39, 0.29) is 5.95 Å². The van der Waals surface area contributed by atoms with E-state index in [9.17, 15) is 0 Å². The van der Waals surface area contributed by atoms with E-state index in [1.165, 1.54) is 4.79 Å². The second kappa shape index (κ2) is 5.00. The van der Waals surface area contributed by atoms with Crippen LogP contribution in [0, 0.1) is 0 Å². The SMILES string of the molecule is COc1ccc(CNn2nnnc2N)cc1Br. The van der Waals surface area contributed by atoms with Crippen LogP contribution < -0.4 is 15.9 Å². The van der Waals surface area contributed by atoms with Gasteiger partial charge in [0.05, 0.1) is 18.1 Å². The van der Waals surface area contributed by atoms with Crippen molar-refractivity contribution in [2.24, 2.45) is 0 Å². The van der Waals surface area contributed by atoms with Crippen LogP contribution in [0.2, 0.25) is 0 Å². The zero-order valence-corrected chi connectivity index (χ0v) is 10.7. The Morgan fingerprint density at radius 2 is 2.35 bits per heavy atom. The van der Waals surface area contributed by atoms with Gasteiger partial charge in [-0.15, -0.1) is 4.79 Å². The van der Waals surface area contributed by atoms with E-state index in [0.29, 0.717) is 6.54 Å². The molecule has 17 heavy (non-hydrogen) atoms. The number of halogens is 1. The Morgan fingerprint density at radius 1 is 1.53 bits per heavy atom. The van der Waals surface area contributed by atoms with Crippen molar-refractivity contribution in [2.45, 2.75) is 6.54 Å². The molecule has 1 heterocycles. The lowest BCUT2D eigenvalue weighted by Gasteiger charge is -2.08. The quantitative estimate of drug-likeness (QED) is 0.866. The predicted molar refractivity (Wildman–Crippen MR) is 66.0 cm³/mol. The molecular formula is C9H11BrN6O. The summed E-state index contributed by atoms with van der Waals surface area (Å²) in [7, 11) is 1.62. The molecule has 0 aliphatic carbocycles. The van der Waals surface area contributed by atoms with Crippen LogP contribution in [0.5, 0.6) is 5.75 Å². The highest BCUT2D eigenvalue weighted by molar-refractivity contribution is 9.10. The van der Waals surface area contributed by atoms with Crippen LogP contribution in [0.25, 0.3) is 0 Å². The third kappa shape index (κ3) is 2.64. The number of aromatic nitrogens is 4. The van der Waals surface area contributed by atoms with Crippen LogP contribution in [0.3, 0.4) is 0 Å². The lowest BCUT2D eigenvalue weighted by molar-refractivity contribution is 0.412. The molecule has 0 fully saturated rings. The van der Waals surface area contributed by atoms with Crippen molar-refractivity contribution in [2.75, 3.05) is 18.3 Å². The molecule has 90 valence electrons. The second-order valence-electron chi connectivity index (χ2n) is 3.25. The number of rotatable bonds is 4. The first-order chi connectivity index (χ1) is 8.20. The molecule has 3 N–H and O–H groups in total. The van der Waals surface area contributed by atoms with E-state index in [0.717, 1.165) is 15.8 Å².